The van der Waals surface area contributed by atoms with Crippen LogP contribution in [0.2, 0.25) is 0 Å². The summed E-state index contributed by atoms with van der Waals surface area (Å²) >= 11 is 0. The molecule has 0 radical (unpaired) electrons. The number of amides is 1. The summed E-state index contributed by atoms with van der Waals surface area (Å²) in [6, 6.07) is 11.0. The number of anilines is 1. The minimum atomic E-state index is -3.18. The molecule has 4 heterocycles. The highest BCUT2D eigenvalue weighted by atomic mass is 32.2. The van der Waals surface area contributed by atoms with Gasteiger partial charge in [0.05, 0.1) is 18.2 Å². The van der Waals surface area contributed by atoms with Gasteiger partial charge in [-0.2, -0.15) is 0 Å². The van der Waals surface area contributed by atoms with Crippen LogP contribution in [0.4, 0.5) is 5.82 Å². The van der Waals surface area contributed by atoms with Crippen molar-refractivity contribution in [2.45, 2.75) is 19.9 Å². The Hall–Kier alpha value is -4.89. The molecule has 1 aliphatic carbocycles. The lowest BCUT2D eigenvalue weighted by molar-refractivity contribution is -0.125. The lowest BCUT2D eigenvalue weighted by atomic mass is 10.0. The zero-order valence-electron chi connectivity index (χ0n) is 25.4. The van der Waals surface area contributed by atoms with E-state index in [-0.39, 0.29) is 23.4 Å². The van der Waals surface area contributed by atoms with Gasteiger partial charge in [0.1, 0.15) is 44.8 Å². The largest absolute Gasteiger partial charge is 0.496 e. The second-order valence-corrected chi connectivity index (χ2v) is 13.7. The molecular weight excluding hydrogens is 592 g/mol. The minimum Gasteiger partial charge on any atom is -0.496 e. The van der Waals surface area contributed by atoms with Crippen molar-refractivity contribution in [3.63, 3.8) is 0 Å². The third-order valence-corrected chi connectivity index (χ3v) is 9.36. The van der Waals surface area contributed by atoms with E-state index >= 15 is 0 Å². The number of methoxy groups -OCH3 is 1. The van der Waals surface area contributed by atoms with Gasteiger partial charge in [0, 0.05) is 60.8 Å². The van der Waals surface area contributed by atoms with Gasteiger partial charge < -0.3 is 24.7 Å². The number of nitrogen functional groups attached to an aromatic ring is 1. The van der Waals surface area contributed by atoms with Crippen molar-refractivity contribution in [1.82, 2.24) is 24.4 Å². The van der Waals surface area contributed by atoms with Crippen molar-refractivity contribution in [3.8, 4) is 40.3 Å². The van der Waals surface area contributed by atoms with Crippen LogP contribution in [0.1, 0.15) is 17.8 Å². The van der Waals surface area contributed by atoms with E-state index in [1.54, 1.807) is 19.2 Å². The molecule has 11 nitrogen and oxygen atoms in total. The van der Waals surface area contributed by atoms with Crippen LogP contribution in [0.5, 0.6) is 17.4 Å². The molecule has 3 atom stereocenters. The zero-order chi connectivity index (χ0) is 31.9. The van der Waals surface area contributed by atoms with Gasteiger partial charge in [-0.15, -0.1) is 0 Å². The first-order chi connectivity index (χ1) is 21.6. The van der Waals surface area contributed by atoms with Crippen molar-refractivity contribution in [2.75, 3.05) is 37.9 Å². The summed E-state index contributed by atoms with van der Waals surface area (Å²) in [5.41, 5.74) is 9.92. The highest BCUT2D eigenvalue weighted by Crippen LogP contribution is 2.51. The first kappa shape index (κ1) is 30.1. The number of carbonyl (C=O) groups is 1. The minimum absolute atomic E-state index is 0.0116. The Morgan fingerprint density at radius 3 is 2.67 bits per heavy atom. The second-order valence-electron chi connectivity index (χ2n) is 11.5. The maximum Gasteiger partial charge on any atom is 0.245 e. The van der Waals surface area contributed by atoms with E-state index in [9.17, 15) is 13.2 Å². The molecule has 232 valence electrons. The summed E-state index contributed by atoms with van der Waals surface area (Å²) in [6.07, 6.45) is 4.33. The number of likely N-dealkylation sites (tertiary alicyclic amines) is 1. The molecule has 1 saturated heterocycles. The maximum atomic E-state index is 12.1. The van der Waals surface area contributed by atoms with Gasteiger partial charge in [-0.25, -0.2) is 23.4 Å². The Balaban J connectivity index is 1.44. The Bertz CT molecular complexity index is 1980. The number of piperidine rings is 1. The molecule has 2 aliphatic rings. The van der Waals surface area contributed by atoms with E-state index in [0.717, 1.165) is 5.69 Å². The molecule has 12 heteroatoms. The number of aryl methyl sites for hydroxylation is 2. The first-order valence-electron chi connectivity index (χ1n) is 14.6. The van der Waals surface area contributed by atoms with Crippen LogP contribution in [0.15, 0.2) is 55.4 Å². The summed E-state index contributed by atoms with van der Waals surface area (Å²) in [6.45, 7) is 7.15. The smallest absolute Gasteiger partial charge is 0.245 e. The van der Waals surface area contributed by atoms with Gasteiger partial charge in [-0.1, -0.05) is 18.6 Å². The SMILES string of the molecule is C=CC(=O)N1C[C@@H]2C(C#Cc3c(-c4ccc(Oc5cccc(C)n5)cc4OC)c4c(N)ncnc4n3CCCS(C)(=O)=O)[C@@H]2C1. The average Bonchev–Trinajstić information content (AvgIpc) is 3.30. The summed E-state index contributed by atoms with van der Waals surface area (Å²) in [7, 11) is -1.61. The molecule has 1 unspecified atom stereocenters. The lowest BCUT2D eigenvalue weighted by Gasteiger charge is -2.16. The van der Waals surface area contributed by atoms with Gasteiger partial charge in [-0.3, -0.25) is 4.79 Å². The van der Waals surface area contributed by atoms with E-state index in [4.69, 9.17) is 15.2 Å². The van der Waals surface area contributed by atoms with E-state index in [2.05, 4.69) is 33.4 Å². The molecule has 45 heavy (non-hydrogen) atoms. The van der Waals surface area contributed by atoms with Crippen molar-refractivity contribution in [1.29, 1.82) is 0 Å². The normalized spacial score (nSPS) is 18.6. The van der Waals surface area contributed by atoms with E-state index in [1.165, 1.54) is 18.7 Å². The number of carbonyl (C=O) groups excluding carboxylic acids is 1. The zero-order valence-corrected chi connectivity index (χ0v) is 26.2. The molecule has 0 spiro atoms. The molecule has 0 bridgehead atoms. The summed E-state index contributed by atoms with van der Waals surface area (Å²) in [5.74, 6) is 9.36. The Morgan fingerprint density at radius 1 is 1.20 bits per heavy atom. The predicted octanol–water partition coefficient (Wildman–Crippen LogP) is 3.86. The monoisotopic (exact) mass is 626 g/mol. The Morgan fingerprint density at radius 2 is 1.98 bits per heavy atom. The maximum absolute atomic E-state index is 12.1. The molecule has 4 aromatic rings. The van der Waals surface area contributed by atoms with Crippen LogP contribution >= 0.6 is 0 Å². The first-order valence-corrected chi connectivity index (χ1v) is 16.7. The van der Waals surface area contributed by atoms with Crippen LogP contribution in [0.25, 0.3) is 22.2 Å². The third-order valence-electron chi connectivity index (χ3n) is 8.33. The number of hydrogen-bond donors (Lipinski definition) is 1. The van der Waals surface area contributed by atoms with Gasteiger partial charge >= 0.3 is 0 Å². The molecule has 1 aromatic carbocycles. The van der Waals surface area contributed by atoms with Gasteiger partial charge in [0.25, 0.3) is 0 Å². The van der Waals surface area contributed by atoms with Crippen LogP contribution < -0.4 is 15.2 Å². The second kappa shape index (κ2) is 11.9. The van der Waals surface area contributed by atoms with Gasteiger partial charge in [0.2, 0.25) is 11.8 Å². The van der Waals surface area contributed by atoms with Crippen molar-refractivity contribution in [3.05, 3.63) is 66.8 Å². The number of hydrogen-bond acceptors (Lipinski definition) is 9. The summed E-state index contributed by atoms with van der Waals surface area (Å²) in [4.78, 5) is 27.2. The Labute approximate surface area is 262 Å². The third kappa shape index (κ3) is 6.08. The fourth-order valence-corrected chi connectivity index (χ4v) is 6.78. The molecule has 3 aromatic heterocycles. The van der Waals surface area contributed by atoms with Crippen molar-refractivity contribution in [2.24, 2.45) is 17.8 Å². The van der Waals surface area contributed by atoms with E-state index in [1.807, 2.05) is 40.7 Å². The van der Waals surface area contributed by atoms with Crippen LogP contribution in [-0.4, -0.2) is 71.0 Å². The summed E-state index contributed by atoms with van der Waals surface area (Å²) in [5, 5.41) is 0.604. The highest BCUT2D eigenvalue weighted by molar-refractivity contribution is 7.90. The Kier molecular flexibility index (Phi) is 7.97. The number of pyridine rings is 1. The van der Waals surface area contributed by atoms with E-state index < -0.39 is 9.84 Å². The number of nitrogens with two attached hydrogens (primary N) is 1. The number of rotatable bonds is 9. The van der Waals surface area contributed by atoms with Gasteiger partial charge in [0.15, 0.2) is 0 Å². The topological polar surface area (TPSA) is 143 Å². The number of ether oxygens (including phenoxy) is 2. The molecule has 2 fully saturated rings. The summed E-state index contributed by atoms with van der Waals surface area (Å²) < 4.78 is 37.8. The van der Waals surface area contributed by atoms with Crippen molar-refractivity contribution < 1.29 is 22.7 Å². The fraction of sp³-hybridized carbons (Fsp3) is 0.333. The average molecular weight is 627 g/mol. The molecule has 2 N–H and O–H groups in total. The highest BCUT2D eigenvalue weighted by Gasteiger charge is 2.55. The molecular formula is C33H34N6O5S. The van der Waals surface area contributed by atoms with Crippen LogP contribution in [0, 0.1) is 36.5 Å². The number of sulfone groups is 1. The van der Waals surface area contributed by atoms with E-state index in [0.29, 0.717) is 83.1 Å². The lowest BCUT2D eigenvalue weighted by Crippen LogP contribution is -2.29. The standard InChI is InChI=1S/C33H34N6O5S/c1-5-29(40)38-17-24-22(25(24)18-38)12-13-26-30(31-32(34)35-19-36-33(31)39(26)14-7-15-45(4,41)42)23-11-10-21(16-27(23)43-3)44-28-9-6-8-20(2)37-28/h5-6,8-11,16,19,22,24-25H,1,7,14-15,17-18H2,2-4H3,(H2,34,35,36)/t22?,24-,25+. The molecule has 1 saturated carbocycles. The number of aromatic nitrogens is 4. The fourth-order valence-electron chi connectivity index (χ4n) is 6.13. The number of fused-ring (bicyclic) bond motifs is 2. The molecule has 6 rings (SSSR count). The van der Waals surface area contributed by atoms with Gasteiger partial charge in [-0.05, 0) is 55.4 Å². The quantitative estimate of drug-likeness (QED) is 0.216. The van der Waals surface area contributed by atoms with Crippen molar-refractivity contribution >= 4 is 32.6 Å². The van der Waals surface area contributed by atoms with Crippen LogP contribution in [0.3, 0.4) is 0 Å². The molecule has 1 amide bonds. The molecule has 1 aliphatic heterocycles. The van der Waals surface area contributed by atoms with Crippen LogP contribution in [-0.2, 0) is 21.2 Å². The number of nitrogens with zero attached hydrogens (tertiary/aromatic N) is 5. The number of benzene rings is 1. The predicted molar refractivity (Wildman–Crippen MR) is 171 cm³/mol.